The molecule has 10 heteroatoms. The molecule has 2 aromatic heterocycles. The first-order chi connectivity index (χ1) is 16.4. The van der Waals surface area contributed by atoms with E-state index in [0.29, 0.717) is 54.1 Å². The van der Waals surface area contributed by atoms with E-state index in [0.717, 1.165) is 37.3 Å². The van der Waals surface area contributed by atoms with Gasteiger partial charge in [-0.3, -0.25) is 19.6 Å². The van der Waals surface area contributed by atoms with E-state index in [1.54, 1.807) is 29.9 Å². The number of rotatable bonds is 10. The molecule has 2 amide bonds. The normalized spacial score (nSPS) is 13.6. The van der Waals surface area contributed by atoms with Crippen molar-refractivity contribution in [2.24, 2.45) is 5.92 Å². The van der Waals surface area contributed by atoms with Gasteiger partial charge in [0.25, 0.3) is 11.8 Å². The van der Waals surface area contributed by atoms with Gasteiger partial charge in [0, 0.05) is 31.6 Å². The van der Waals surface area contributed by atoms with Gasteiger partial charge in [-0.25, -0.2) is 4.98 Å². The van der Waals surface area contributed by atoms with Gasteiger partial charge in [0.05, 0.1) is 31.0 Å². The second-order valence-electron chi connectivity index (χ2n) is 8.49. The smallest absolute Gasteiger partial charge is 0.276 e. The Bertz CT molecular complexity index is 1190. The maximum Gasteiger partial charge on any atom is 0.276 e. The molecule has 2 N–H and O–H groups in total. The molecule has 10 nitrogen and oxygen atoms in total. The highest BCUT2D eigenvalue weighted by molar-refractivity contribution is 6.04. The largest absolute Gasteiger partial charge is 0.491 e. The zero-order valence-electron chi connectivity index (χ0n) is 20.2. The van der Waals surface area contributed by atoms with Crippen LogP contribution in [0.1, 0.15) is 53.2 Å². The van der Waals surface area contributed by atoms with Crippen LogP contribution in [0.2, 0.25) is 0 Å². The molecular formula is C24H32N6O4. The van der Waals surface area contributed by atoms with Crippen molar-refractivity contribution in [2.45, 2.75) is 46.7 Å². The lowest BCUT2D eigenvalue weighted by atomic mass is 10.1. The summed E-state index contributed by atoms with van der Waals surface area (Å²) < 4.78 is 15.0. The first kappa shape index (κ1) is 23.7. The van der Waals surface area contributed by atoms with Crippen molar-refractivity contribution in [2.75, 3.05) is 32.2 Å². The van der Waals surface area contributed by atoms with Crippen LogP contribution in [0, 0.1) is 12.8 Å². The molecule has 0 saturated carbocycles. The standard InChI is InChI=1S/C24H32N6O4/c1-5-8-29-21-18(26-24(29)27-23(32)19-10-15(3)28-30(19)6-2)11-17(22(31)25-4)12-20(21)34-9-7-16-13-33-14-16/h10-12,16H,5-9,13-14H2,1-4H3,(H,25,31)(H,26,27,32). The molecule has 0 spiro atoms. The minimum atomic E-state index is -0.283. The van der Waals surface area contributed by atoms with E-state index in [1.165, 1.54) is 0 Å². The van der Waals surface area contributed by atoms with Crippen LogP contribution in [-0.2, 0) is 17.8 Å². The van der Waals surface area contributed by atoms with Crippen LogP contribution in [0.15, 0.2) is 18.2 Å². The van der Waals surface area contributed by atoms with Crippen molar-refractivity contribution in [1.29, 1.82) is 0 Å². The Balaban J connectivity index is 1.72. The molecule has 1 aliphatic rings. The van der Waals surface area contributed by atoms with Gasteiger partial charge >= 0.3 is 0 Å². The van der Waals surface area contributed by atoms with Gasteiger partial charge in [-0.05, 0) is 44.9 Å². The lowest BCUT2D eigenvalue weighted by molar-refractivity contribution is -0.0400. The van der Waals surface area contributed by atoms with Gasteiger partial charge in [0.1, 0.15) is 17.0 Å². The number of imidazole rings is 1. The number of carbonyl (C=O) groups excluding carboxylic acids is 2. The van der Waals surface area contributed by atoms with Crippen molar-refractivity contribution in [3.05, 3.63) is 35.2 Å². The number of fused-ring (bicyclic) bond motifs is 1. The van der Waals surface area contributed by atoms with Gasteiger partial charge in [0.2, 0.25) is 5.95 Å². The fourth-order valence-corrected chi connectivity index (χ4v) is 4.07. The fourth-order valence-electron chi connectivity index (χ4n) is 4.07. The van der Waals surface area contributed by atoms with Gasteiger partial charge in [0.15, 0.2) is 0 Å². The number of hydrogen-bond donors (Lipinski definition) is 2. The average Bonchev–Trinajstić information content (AvgIpc) is 3.34. The van der Waals surface area contributed by atoms with Crippen LogP contribution in [-0.4, -0.2) is 58.0 Å². The van der Waals surface area contributed by atoms with E-state index >= 15 is 0 Å². The van der Waals surface area contributed by atoms with E-state index in [4.69, 9.17) is 9.47 Å². The Hall–Kier alpha value is -3.40. The molecular weight excluding hydrogens is 436 g/mol. The highest BCUT2D eigenvalue weighted by Crippen LogP contribution is 2.32. The summed E-state index contributed by atoms with van der Waals surface area (Å²) in [7, 11) is 1.59. The predicted molar refractivity (Wildman–Crippen MR) is 128 cm³/mol. The number of ether oxygens (including phenoxy) is 2. The number of carbonyl (C=O) groups is 2. The van der Waals surface area contributed by atoms with Crippen molar-refractivity contribution in [3.8, 4) is 5.75 Å². The summed E-state index contributed by atoms with van der Waals surface area (Å²) in [6.45, 7) is 9.09. The third-order valence-corrected chi connectivity index (χ3v) is 5.89. The number of nitrogens with one attached hydrogen (secondary N) is 2. The van der Waals surface area contributed by atoms with E-state index in [1.807, 2.05) is 18.4 Å². The van der Waals surface area contributed by atoms with E-state index in [2.05, 4.69) is 27.6 Å². The summed E-state index contributed by atoms with van der Waals surface area (Å²) in [5.74, 6) is 0.980. The van der Waals surface area contributed by atoms with Gasteiger partial charge in [-0.1, -0.05) is 6.92 Å². The molecule has 3 heterocycles. The number of amides is 2. The van der Waals surface area contributed by atoms with Crippen molar-refractivity contribution < 1.29 is 19.1 Å². The van der Waals surface area contributed by atoms with Crippen molar-refractivity contribution in [1.82, 2.24) is 24.6 Å². The number of hydrogen-bond acceptors (Lipinski definition) is 6. The number of nitrogens with zero attached hydrogens (tertiary/aromatic N) is 4. The first-order valence-corrected chi connectivity index (χ1v) is 11.8. The quantitative estimate of drug-likeness (QED) is 0.473. The number of benzene rings is 1. The zero-order chi connectivity index (χ0) is 24.2. The molecule has 1 saturated heterocycles. The molecule has 1 fully saturated rings. The molecule has 3 aromatic rings. The van der Waals surface area contributed by atoms with E-state index in [9.17, 15) is 9.59 Å². The summed E-state index contributed by atoms with van der Waals surface area (Å²) >= 11 is 0. The minimum Gasteiger partial charge on any atom is -0.491 e. The van der Waals surface area contributed by atoms with Crippen LogP contribution in [0.4, 0.5) is 5.95 Å². The summed E-state index contributed by atoms with van der Waals surface area (Å²) in [5.41, 5.74) is 3.05. The summed E-state index contributed by atoms with van der Waals surface area (Å²) in [6, 6.07) is 5.23. The van der Waals surface area contributed by atoms with E-state index < -0.39 is 0 Å². The molecule has 0 radical (unpaired) electrons. The molecule has 4 rings (SSSR count). The number of aromatic nitrogens is 4. The molecule has 34 heavy (non-hydrogen) atoms. The Morgan fingerprint density at radius 3 is 2.65 bits per heavy atom. The van der Waals surface area contributed by atoms with Crippen LogP contribution in [0.3, 0.4) is 0 Å². The second kappa shape index (κ2) is 10.3. The summed E-state index contributed by atoms with van der Waals surface area (Å²) in [4.78, 5) is 30.2. The fraction of sp³-hybridized carbons (Fsp3) is 0.500. The van der Waals surface area contributed by atoms with Gasteiger partial charge in [-0.15, -0.1) is 0 Å². The highest BCUT2D eigenvalue weighted by Gasteiger charge is 2.23. The summed E-state index contributed by atoms with van der Waals surface area (Å²) in [5, 5.41) is 9.97. The number of anilines is 1. The minimum absolute atomic E-state index is 0.225. The Morgan fingerprint density at radius 1 is 1.21 bits per heavy atom. The zero-order valence-corrected chi connectivity index (χ0v) is 20.2. The maximum absolute atomic E-state index is 13.1. The number of aryl methyl sites for hydroxylation is 3. The molecule has 0 atom stereocenters. The topological polar surface area (TPSA) is 112 Å². The van der Waals surface area contributed by atoms with Crippen molar-refractivity contribution >= 4 is 28.8 Å². The van der Waals surface area contributed by atoms with Crippen molar-refractivity contribution in [3.63, 3.8) is 0 Å². The van der Waals surface area contributed by atoms with Crippen LogP contribution in [0.5, 0.6) is 5.75 Å². The lowest BCUT2D eigenvalue weighted by Gasteiger charge is -2.25. The second-order valence-corrected chi connectivity index (χ2v) is 8.49. The molecule has 1 aliphatic heterocycles. The lowest BCUT2D eigenvalue weighted by Crippen LogP contribution is -2.28. The maximum atomic E-state index is 13.1. The molecule has 0 bridgehead atoms. The van der Waals surface area contributed by atoms with Crippen LogP contribution < -0.4 is 15.4 Å². The highest BCUT2D eigenvalue weighted by atomic mass is 16.5. The van der Waals surface area contributed by atoms with Crippen LogP contribution in [0.25, 0.3) is 11.0 Å². The van der Waals surface area contributed by atoms with Gasteiger partial charge in [-0.2, -0.15) is 5.10 Å². The van der Waals surface area contributed by atoms with E-state index in [-0.39, 0.29) is 11.8 Å². The molecule has 182 valence electrons. The predicted octanol–water partition coefficient (Wildman–Crippen LogP) is 3.00. The summed E-state index contributed by atoms with van der Waals surface area (Å²) in [6.07, 6.45) is 1.70. The van der Waals surface area contributed by atoms with Gasteiger partial charge < -0.3 is 19.4 Å². The third-order valence-electron chi connectivity index (χ3n) is 5.89. The Morgan fingerprint density at radius 2 is 2.00 bits per heavy atom. The molecule has 0 aliphatic carbocycles. The van der Waals surface area contributed by atoms with Crippen LogP contribution >= 0.6 is 0 Å². The molecule has 0 unspecified atom stereocenters. The Labute approximate surface area is 198 Å². The average molecular weight is 469 g/mol. The molecule has 1 aromatic carbocycles. The Kier molecular flexibility index (Phi) is 7.16. The SMILES string of the molecule is CCCn1c(NC(=O)c2cc(C)nn2CC)nc2cc(C(=O)NC)cc(OCCC3COC3)c21. The monoisotopic (exact) mass is 468 g/mol. The first-order valence-electron chi connectivity index (χ1n) is 11.8. The third kappa shape index (κ3) is 4.77.